The van der Waals surface area contributed by atoms with Crippen molar-refractivity contribution >= 4 is 38.7 Å². The molecule has 0 spiro atoms. The van der Waals surface area contributed by atoms with E-state index in [0.29, 0.717) is 16.3 Å². The smallest absolute Gasteiger partial charge is 0.184 e. The largest absolute Gasteiger partial charge is 0.399 e. The summed E-state index contributed by atoms with van der Waals surface area (Å²) in [5.74, 6) is -0.252. The van der Waals surface area contributed by atoms with Crippen LogP contribution in [0, 0.1) is 0 Å². The number of nitrogen functional groups attached to an aromatic ring is 1. The van der Waals surface area contributed by atoms with Crippen molar-refractivity contribution in [3.63, 3.8) is 0 Å². The van der Waals surface area contributed by atoms with Gasteiger partial charge in [0.1, 0.15) is 0 Å². The van der Waals surface area contributed by atoms with Crippen molar-refractivity contribution in [3.8, 4) is 0 Å². The molecule has 2 N–H and O–H groups in total. The maximum atomic E-state index is 12.3. The Hall–Kier alpha value is -1.30. The van der Waals surface area contributed by atoms with Gasteiger partial charge in [0.05, 0.1) is 20.7 Å². The summed E-state index contributed by atoms with van der Waals surface area (Å²) in [5, 5.41) is 0.436. The number of rotatable bonds is 3. The van der Waals surface area contributed by atoms with Crippen LogP contribution in [-0.2, 0) is 15.6 Å². The topological polar surface area (TPSA) is 73.1 Å². The number of sulfone groups is 1. The average Bonchev–Trinajstić information content (AvgIpc) is 2.35. The molecule has 2 aromatic rings. The monoisotopic (exact) mass is 316 g/mol. The SMILES string of the molecule is Nc1ccc(Cl)c(S(=O)(=O)Cc2ccncc2Cl)c1. The molecule has 1 aromatic heterocycles. The minimum absolute atomic E-state index is 0.00189. The molecule has 0 bridgehead atoms. The van der Waals surface area contributed by atoms with Crippen molar-refractivity contribution in [2.24, 2.45) is 0 Å². The lowest BCUT2D eigenvalue weighted by Crippen LogP contribution is -2.07. The van der Waals surface area contributed by atoms with E-state index in [-0.39, 0.29) is 15.7 Å². The van der Waals surface area contributed by atoms with Crippen molar-refractivity contribution < 1.29 is 8.42 Å². The van der Waals surface area contributed by atoms with Crippen LogP contribution in [0.4, 0.5) is 5.69 Å². The maximum Gasteiger partial charge on any atom is 0.184 e. The first-order valence-corrected chi connectivity index (χ1v) is 7.67. The van der Waals surface area contributed by atoms with Gasteiger partial charge in [-0.25, -0.2) is 8.42 Å². The van der Waals surface area contributed by atoms with Crippen LogP contribution in [0.5, 0.6) is 0 Å². The molecule has 4 nitrogen and oxygen atoms in total. The van der Waals surface area contributed by atoms with Crippen molar-refractivity contribution in [1.29, 1.82) is 0 Å². The van der Waals surface area contributed by atoms with E-state index >= 15 is 0 Å². The molecule has 1 aromatic carbocycles. The highest BCUT2D eigenvalue weighted by Crippen LogP contribution is 2.28. The fourth-order valence-electron chi connectivity index (χ4n) is 1.56. The van der Waals surface area contributed by atoms with Crippen LogP contribution in [-0.4, -0.2) is 13.4 Å². The van der Waals surface area contributed by atoms with Crippen molar-refractivity contribution in [2.75, 3.05) is 5.73 Å². The summed E-state index contributed by atoms with van der Waals surface area (Å²) in [5.41, 5.74) is 6.39. The Labute approximate surface area is 121 Å². The second-order valence-corrected chi connectivity index (χ2v) is 6.69. The standard InChI is InChI=1S/C12H10Cl2N2O2S/c13-10-2-1-9(15)5-12(10)19(17,18)7-8-3-4-16-6-11(8)14/h1-6H,7,15H2. The minimum Gasteiger partial charge on any atom is -0.399 e. The molecule has 19 heavy (non-hydrogen) atoms. The van der Waals surface area contributed by atoms with E-state index in [9.17, 15) is 8.42 Å². The number of hydrogen-bond acceptors (Lipinski definition) is 4. The number of benzene rings is 1. The Kier molecular flexibility index (Phi) is 3.99. The first-order chi connectivity index (χ1) is 8.90. The number of pyridine rings is 1. The predicted octanol–water partition coefficient (Wildman–Crippen LogP) is 2.94. The van der Waals surface area contributed by atoms with Gasteiger partial charge in [-0.2, -0.15) is 0 Å². The fraction of sp³-hybridized carbons (Fsp3) is 0.0833. The molecular weight excluding hydrogens is 307 g/mol. The Morgan fingerprint density at radius 1 is 1.16 bits per heavy atom. The summed E-state index contributed by atoms with van der Waals surface area (Å²) in [4.78, 5) is 3.81. The van der Waals surface area contributed by atoms with Crippen molar-refractivity contribution in [3.05, 3.63) is 52.3 Å². The lowest BCUT2D eigenvalue weighted by Gasteiger charge is -2.08. The molecular formula is C12H10Cl2N2O2S. The molecule has 0 unspecified atom stereocenters. The Bertz CT molecular complexity index is 717. The quantitative estimate of drug-likeness (QED) is 0.883. The summed E-state index contributed by atoms with van der Waals surface area (Å²) in [6.07, 6.45) is 2.88. The molecule has 0 amide bonds. The number of hydrogen-bond donors (Lipinski definition) is 1. The van der Waals surface area contributed by atoms with Crippen LogP contribution < -0.4 is 5.73 Å². The Balaban J connectivity index is 2.44. The van der Waals surface area contributed by atoms with Gasteiger partial charge in [-0.3, -0.25) is 4.98 Å². The lowest BCUT2D eigenvalue weighted by atomic mass is 10.3. The number of nitrogens with two attached hydrogens (primary N) is 1. The van der Waals surface area contributed by atoms with Gasteiger partial charge in [0.15, 0.2) is 9.84 Å². The van der Waals surface area contributed by atoms with E-state index in [1.165, 1.54) is 24.5 Å². The first-order valence-electron chi connectivity index (χ1n) is 5.26. The third-order valence-electron chi connectivity index (χ3n) is 2.49. The summed E-state index contributed by atoms with van der Waals surface area (Å²) in [7, 11) is -3.61. The van der Waals surface area contributed by atoms with E-state index in [1.807, 2.05) is 0 Å². The second-order valence-electron chi connectivity index (χ2n) is 3.92. The molecule has 7 heteroatoms. The zero-order valence-electron chi connectivity index (χ0n) is 9.68. The number of halogens is 2. The van der Waals surface area contributed by atoms with E-state index in [1.54, 1.807) is 12.1 Å². The van der Waals surface area contributed by atoms with Crippen molar-refractivity contribution in [1.82, 2.24) is 4.98 Å². The van der Waals surface area contributed by atoms with Crippen LogP contribution >= 0.6 is 23.2 Å². The summed E-state index contributed by atoms with van der Waals surface area (Å²) < 4.78 is 24.6. The molecule has 1 heterocycles. The van der Waals surface area contributed by atoms with Gasteiger partial charge < -0.3 is 5.73 Å². The molecule has 0 aliphatic heterocycles. The summed E-state index contributed by atoms with van der Waals surface area (Å²) in [6, 6.07) is 5.89. The lowest BCUT2D eigenvalue weighted by molar-refractivity contribution is 0.595. The third-order valence-corrected chi connectivity index (χ3v) is 4.97. The van der Waals surface area contributed by atoms with Crippen LogP contribution in [0.15, 0.2) is 41.6 Å². The second kappa shape index (κ2) is 5.36. The van der Waals surface area contributed by atoms with Crippen LogP contribution in [0.25, 0.3) is 0 Å². The van der Waals surface area contributed by atoms with Gasteiger partial charge >= 0.3 is 0 Å². The molecule has 0 fully saturated rings. The number of nitrogens with zero attached hydrogens (tertiary/aromatic N) is 1. The van der Waals surface area contributed by atoms with Gasteiger partial charge in [-0.05, 0) is 29.8 Å². The highest BCUT2D eigenvalue weighted by Gasteiger charge is 2.20. The normalized spacial score (nSPS) is 11.5. The Morgan fingerprint density at radius 2 is 1.89 bits per heavy atom. The van der Waals surface area contributed by atoms with E-state index in [2.05, 4.69) is 4.98 Å². The van der Waals surface area contributed by atoms with E-state index < -0.39 is 9.84 Å². The zero-order chi connectivity index (χ0) is 14.0. The Morgan fingerprint density at radius 3 is 2.58 bits per heavy atom. The highest BCUT2D eigenvalue weighted by molar-refractivity contribution is 7.90. The molecule has 0 atom stereocenters. The van der Waals surface area contributed by atoms with Gasteiger partial charge in [0.25, 0.3) is 0 Å². The zero-order valence-corrected chi connectivity index (χ0v) is 12.0. The average molecular weight is 317 g/mol. The fourth-order valence-corrected chi connectivity index (χ4v) is 3.79. The van der Waals surface area contributed by atoms with Crippen molar-refractivity contribution in [2.45, 2.75) is 10.6 Å². The minimum atomic E-state index is -3.61. The molecule has 2 rings (SSSR count). The molecule has 0 saturated carbocycles. The number of aromatic nitrogens is 1. The molecule has 100 valence electrons. The van der Waals surface area contributed by atoms with Crippen LogP contribution in [0.2, 0.25) is 10.0 Å². The third kappa shape index (κ3) is 3.18. The van der Waals surface area contributed by atoms with E-state index in [0.717, 1.165) is 0 Å². The molecule has 0 aliphatic rings. The van der Waals surface area contributed by atoms with Gasteiger partial charge in [0, 0.05) is 18.1 Å². The highest BCUT2D eigenvalue weighted by atomic mass is 35.5. The number of anilines is 1. The van der Waals surface area contributed by atoms with E-state index in [4.69, 9.17) is 28.9 Å². The molecule has 0 saturated heterocycles. The maximum absolute atomic E-state index is 12.3. The van der Waals surface area contributed by atoms with Gasteiger partial charge in [-0.15, -0.1) is 0 Å². The summed E-state index contributed by atoms with van der Waals surface area (Å²) >= 11 is 11.8. The molecule has 0 radical (unpaired) electrons. The van der Waals surface area contributed by atoms with Crippen LogP contribution in [0.1, 0.15) is 5.56 Å². The summed E-state index contributed by atoms with van der Waals surface area (Å²) in [6.45, 7) is 0. The first kappa shape index (κ1) is 14.1. The van der Waals surface area contributed by atoms with Gasteiger partial charge in [0.2, 0.25) is 0 Å². The van der Waals surface area contributed by atoms with Crippen LogP contribution in [0.3, 0.4) is 0 Å². The van der Waals surface area contributed by atoms with Gasteiger partial charge in [-0.1, -0.05) is 23.2 Å². The molecule has 0 aliphatic carbocycles. The predicted molar refractivity (Wildman–Crippen MR) is 76.0 cm³/mol.